The van der Waals surface area contributed by atoms with Crippen LogP contribution in [0.3, 0.4) is 0 Å². The van der Waals surface area contributed by atoms with Crippen molar-refractivity contribution in [3.63, 3.8) is 0 Å². The number of rotatable bonds is 6. The molecule has 2 nitrogen and oxygen atoms in total. The summed E-state index contributed by atoms with van der Waals surface area (Å²) in [7, 11) is 0. The molecule has 1 aliphatic carbocycles. The number of nitrogens with zero attached hydrogens (tertiary/aromatic N) is 1. The van der Waals surface area contributed by atoms with E-state index in [4.69, 9.17) is 4.42 Å². The molecular weight excluding hydrogens is 691 g/mol. The van der Waals surface area contributed by atoms with Gasteiger partial charge in [0.1, 0.15) is 11.2 Å². The van der Waals surface area contributed by atoms with Crippen molar-refractivity contribution in [1.29, 1.82) is 0 Å². The molecule has 2 heteroatoms. The van der Waals surface area contributed by atoms with Gasteiger partial charge in [0, 0.05) is 38.7 Å². The van der Waals surface area contributed by atoms with E-state index >= 15 is 0 Å². The molecule has 0 N–H and O–H groups in total. The summed E-state index contributed by atoms with van der Waals surface area (Å²) >= 11 is 0. The van der Waals surface area contributed by atoms with Gasteiger partial charge in [0.05, 0.1) is 5.69 Å². The fraction of sp³-hybridized carbons (Fsp3) is 0.0545. The van der Waals surface area contributed by atoms with Gasteiger partial charge in [-0.25, -0.2) is 0 Å². The van der Waals surface area contributed by atoms with Gasteiger partial charge in [-0.15, -0.1) is 0 Å². The van der Waals surface area contributed by atoms with Crippen LogP contribution in [0.5, 0.6) is 0 Å². The Bertz CT molecular complexity index is 3150. The highest BCUT2D eigenvalue weighted by molar-refractivity contribution is 6.09. The summed E-state index contributed by atoms with van der Waals surface area (Å²) in [6, 6.07) is 72.6. The molecule has 1 heterocycles. The molecule has 0 unspecified atom stereocenters. The van der Waals surface area contributed by atoms with Gasteiger partial charge in [0.15, 0.2) is 0 Å². The van der Waals surface area contributed by atoms with E-state index in [1.54, 1.807) is 0 Å². The normalized spacial score (nSPS) is 12.9. The molecule has 0 saturated heterocycles. The number of furan rings is 1. The smallest absolute Gasteiger partial charge is 0.143 e. The first-order chi connectivity index (χ1) is 28.0. The fourth-order valence-corrected chi connectivity index (χ4v) is 9.23. The molecule has 270 valence electrons. The van der Waals surface area contributed by atoms with Crippen LogP contribution in [-0.2, 0) is 5.41 Å². The fourth-order valence-electron chi connectivity index (χ4n) is 9.23. The van der Waals surface area contributed by atoms with Crippen LogP contribution in [0.2, 0.25) is 0 Å². The van der Waals surface area contributed by atoms with Crippen molar-refractivity contribution in [3.8, 4) is 44.5 Å². The van der Waals surface area contributed by atoms with E-state index in [1.807, 2.05) is 12.1 Å². The second kappa shape index (κ2) is 13.0. The number of anilines is 3. The largest absolute Gasteiger partial charge is 0.455 e. The predicted octanol–water partition coefficient (Wildman–Crippen LogP) is 15.5. The topological polar surface area (TPSA) is 16.4 Å². The van der Waals surface area contributed by atoms with Crippen LogP contribution < -0.4 is 4.90 Å². The van der Waals surface area contributed by atoms with Gasteiger partial charge in [-0.05, 0) is 97.7 Å². The van der Waals surface area contributed by atoms with Gasteiger partial charge in [-0.2, -0.15) is 0 Å². The first-order valence-electron chi connectivity index (χ1n) is 19.8. The molecule has 0 fully saturated rings. The quantitative estimate of drug-likeness (QED) is 0.169. The van der Waals surface area contributed by atoms with Crippen molar-refractivity contribution in [1.82, 2.24) is 0 Å². The predicted molar refractivity (Wildman–Crippen MR) is 240 cm³/mol. The Balaban J connectivity index is 1.04. The average Bonchev–Trinajstić information content (AvgIpc) is 3.76. The molecule has 0 bridgehead atoms. The summed E-state index contributed by atoms with van der Waals surface area (Å²) in [6.45, 7) is 4.76. The highest BCUT2D eigenvalue weighted by Crippen LogP contribution is 2.52. The first kappa shape index (κ1) is 33.2. The number of fused-ring (bicyclic) bond motifs is 7. The van der Waals surface area contributed by atoms with E-state index in [0.717, 1.165) is 50.1 Å². The molecule has 0 spiro atoms. The molecular formula is C55H39NO. The molecule has 0 radical (unpaired) electrons. The second-order valence-electron chi connectivity index (χ2n) is 15.7. The van der Waals surface area contributed by atoms with Crippen molar-refractivity contribution in [2.75, 3.05) is 4.90 Å². The third kappa shape index (κ3) is 5.33. The SMILES string of the molecule is CC1(C)c2cc(-c3cccc4ccccc34)ccc2-c2ccc(N(c3ccc(-c4cccc5c4oc4ccccc45)cc3)c3ccccc3-c3ccccc3)cc21. The van der Waals surface area contributed by atoms with E-state index < -0.39 is 0 Å². The van der Waals surface area contributed by atoms with E-state index in [9.17, 15) is 0 Å². The molecule has 57 heavy (non-hydrogen) atoms. The standard InChI is InChI=1S/C55H39NO/c1-55(2)50-34-39(43-21-12-17-36-16-6-7-18-42(36)43)28-32-46(50)47-33-31-41(35-51(47)55)56(52-24-10-8-19-44(52)37-14-4-3-5-15-37)40-29-26-38(27-30-40)45-22-13-23-49-48-20-9-11-25-53(48)57-54(45)49/h3-35H,1-2H3. The van der Waals surface area contributed by atoms with Crippen LogP contribution in [0, 0.1) is 0 Å². The summed E-state index contributed by atoms with van der Waals surface area (Å²) in [4.78, 5) is 2.43. The Hall–Kier alpha value is -7.16. The van der Waals surface area contributed by atoms with Gasteiger partial charge < -0.3 is 9.32 Å². The molecule has 0 aliphatic heterocycles. The Labute approximate surface area is 332 Å². The van der Waals surface area contributed by atoms with Gasteiger partial charge in [0.2, 0.25) is 0 Å². The van der Waals surface area contributed by atoms with Crippen LogP contribution >= 0.6 is 0 Å². The van der Waals surface area contributed by atoms with Crippen LogP contribution in [0.25, 0.3) is 77.2 Å². The Morgan fingerprint density at radius 1 is 0.386 bits per heavy atom. The van der Waals surface area contributed by atoms with Gasteiger partial charge >= 0.3 is 0 Å². The van der Waals surface area contributed by atoms with Crippen molar-refractivity contribution in [2.24, 2.45) is 0 Å². The molecule has 1 aliphatic rings. The van der Waals surface area contributed by atoms with Crippen LogP contribution in [-0.4, -0.2) is 0 Å². The van der Waals surface area contributed by atoms with E-state index in [2.05, 4.69) is 207 Å². The molecule has 1 aromatic heterocycles. The number of hydrogen-bond acceptors (Lipinski definition) is 2. The van der Waals surface area contributed by atoms with Crippen molar-refractivity contribution in [3.05, 3.63) is 211 Å². The minimum absolute atomic E-state index is 0.207. The Morgan fingerprint density at radius 3 is 1.82 bits per heavy atom. The van der Waals surface area contributed by atoms with E-state index in [-0.39, 0.29) is 5.41 Å². The van der Waals surface area contributed by atoms with Crippen molar-refractivity contribution in [2.45, 2.75) is 19.3 Å². The molecule has 0 atom stereocenters. The minimum atomic E-state index is -0.207. The highest BCUT2D eigenvalue weighted by Gasteiger charge is 2.36. The minimum Gasteiger partial charge on any atom is -0.455 e. The third-order valence-electron chi connectivity index (χ3n) is 12.1. The van der Waals surface area contributed by atoms with E-state index in [0.29, 0.717) is 0 Å². The lowest BCUT2D eigenvalue weighted by Crippen LogP contribution is -2.17. The zero-order valence-corrected chi connectivity index (χ0v) is 31.9. The van der Waals surface area contributed by atoms with Crippen molar-refractivity contribution >= 4 is 49.8 Å². The van der Waals surface area contributed by atoms with Crippen LogP contribution in [0.4, 0.5) is 17.1 Å². The zero-order valence-electron chi connectivity index (χ0n) is 31.9. The lowest BCUT2D eigenvalue weighted by atomic mass is 9.81. The first-order valence-corrected chi connectivity index (χ1v) is 19.8. The maximum Gasteiger partial charge on any atom is 0.143 e. The van der Waals surface area contributed by atoms with Crippen molar-refractivity contribution < 1.29 is 4.42 Å². The summed E-state index contributed by atoms with van der Waals surface area (Å²) in [6.07, 6.45) is 0. The number of benzene rings is 9. The Kier molecular flexibility index (Phi) is 7.55. The summed E-state index contributed by atoms with van der Waals surface area (Å²) < 4.78 is 6.45. The third-order valence-corrected chi connectivity index (χ3v) is 12.1. The van der Waals surface area contributed by atoms with Crippen LogP contribution in [0.15, 0.2) is 205 Å². The van der Waals surface area contributed by atoms with E-state index in [1.165, 1.54) is 55.3 Å². The lowest BCUT2D eigenvalue weighted by molar-refractivity contribution is 0.660. The molecule has 10 aromatic rings. The summed E-state index contributed by atoms with van der Waals surface area (Å²) in [5.74, 6) is 0. The maximum absolute atomic E-state index is 6.45. The maximum atomic E-state index is 6.45. The summed E-state index contributed by atoms with van der Waals surface area (Å²) in [5.41, 5.74) is 17.4. The lowest BCUT2D eigenvalue weighted by Gasteiger charge is -2.30. The number of para-hydroxylation sites is 3. The van der Waals surface area contributed by atoms with Gasteiger partial charge in [-0.1, -0.05) is 172 Å². The zero-order chi connectivity index (χ0) is 38.1. The van der Waals surface area contributed by atoms with Gasteiger partial charge in [-0.3, -0.25) is 0 Å². The Morgan fingerprint density at radius 2 is 0.965 bits per heavy atom. The van der Waals surface area contributed by atoms with Crippen LogP contribution in [0.1, 0.15) is 25.0 Å². The summed E-state index contributed by atoms with van der Waals surface area (Å²) in [5, 5.41) is 4.82. The molecule has 9 aromatic carbocycles. The van der Waals surface area contributed by atoms with Gasteiger partial charge in [0.25, 0.3) is 0 Å². The monoisotopic (exact) mass is 729 g/mol. The molecule has 0 saturated carbocycles. The molecule has 11 rings (SSSR count). The average molecular weight is 730 g/mol. The highest BCUT2D eigenvalue weighted by atomic mass is 16.3. The number of hydrogen-bond donors (Lipinski definition) is 0. The molecule has 0 amide bonds. The second-order valence-corrected chi connectivity index (χ2v) is 15.7.